The predicted octanol–water partition coefficient (Wildman–Crippen LogP) is 3.09. The van der Waals surface area contributed by atoms with Gasteiger partial charge in [0.15, 0.2) is 0 Å². The molecular weight excluding hydrogens is 588 g/mol. The molecule has 0 bridgehead atoms. The Morgan fingerprint density at radius 1 is 0.860 bits per heavy atom. The molecule has 0 aliphatic carbocycles. The number of hydrogen-bond acceptors (Lipinski definition) is 6. The van der Waals surface area contributed by atoms with Gasteiger partial charge < -0.3 is 9.64 Å². The Bertz CT molecular complexity index is 1940. The molecule has 43 heavy (non-hydrogen) atoms. The zero-order valence-corrected chi connectivity index (χ0v) is 25.9. The summed E-state index contributed by atoms with van der Waals surface area (Å²) in [6.45, 7) is 4.75. The average Bonchev–Trinajstić information content (AvgIpc) is 2.94. The molecule has 0 spiro atoms. The molecule has 0 amide bonds. The van der Waals surface area contributed by atoms with Crippen molar-refractivity contribution in [3.05, 3.63) is 86.9 Å². The highest BCUT2D eigenvalue weighted by atomic mass is 32.2. The maximum Gasteiger partial charge on any atom is 0.265 e. The van der Waals surface area contributed by atoms with Gasteiger partial charge in [-0.05, 0) is 61.4 Å². The van der Waals surface area contributed by atoms with Crippen LogP contribution in [0.25, 0.3) is 5.57 Å². The first kappa shape index (κ1) is 29.8. The van der Waals surface area contributed by atoms with Crippen molar-refractivity contribution in [3.8, 4) is 11.5 Å². The van der Waals surface area contributed by atoms with E-state index in [1.165, 1.54) is 11.1 Å². The van der Waals surface area contributed by atoms with Crippen molar-refractivity contribution in [2.75, 3.05) is 42.6 Å². The third kappa shape index (κ3) is 6.50. The summed E-state index contributed by atoms with van der Waals surface area (Å²) in [5, 5.41) is 2.05. The standard InChI is InChI=1S/C32H36N2O7S2/c1-22-8-2-3-11-25(22)32-26-18-23-9-4-12-33(14-6-16-42(35,36)37)28(23)20-30(26)41-31-21-29-24(19-27(31)32)10-5-13-34(29)15-7-17-43(38,39)40/h2-3,8,11,18-21H,4-7,9-10,12-17H2,1H3,(H-,35,36,37,38,39,40)/p+1. The number of nitrogens with zero attached hydrogens (tertiary/aromatic N) is 2. The van der Waals surface area contributed by atoms with E-state index in [4.69, 9.17) is 4.74 Å². The molecule has 11 heteroatoms. The smallest absolute Gasteiger partial charge is 0.265 e. The van der Waals surface area contributed by atoms with Crippen molar-refractivity contribution in [2.24, 2.45) is 0 Å². The Labute approximate surface area is 252 Å². The minimum absolute atomic E-state index is 0.273. The van der Waals surface area contributed by atoms with Gasteiger partial charge in [0, 0.05) is 59.6 Å². The normalized spacial score (nSPS) is 16.2. The average molecular weight is 626 g/mol. The summed E-state index contributed by atoms with van der Waals surface area (Å²) in [4.78, 5) is 2.18. The van der Waals surface area contributed by atoms with Gasteiger partial charge in [0.1, 0.15) is 24.6 Å². The fraction of sp³-hybridized carbons (Fsp3) is 0.406. The predicted molar refractivity (Wildman–Crippen MR) is 167 cm³/mol. The lowest BCUT2D eigenvalue weighted by Gasteiger charge is -2.33. The van der Waals surface area contributed by atoms with Crippen molar-refractivity contribution < 1.29 is 30.7 Å². The van der Waals surface area contributed by atoms with Crippen LogP contribution in [0.2, 0.25) is 0 Å². The minimum Gasteiger partial charge on any atom is -0.456 e. The number of anilines is 1. The molecule has 0 saturated heterocycles. The topological polar surface area (TPSA) is 124 Å². The Kier molecular flexibility index (Phi) is 8.10. The molecule has 3 aromatic carbocycles. The molecule has 0 fully saturated rings. The molecule has 9 nitrogen and oxygen atoms in total. The number of hydrogen-bond donors (Lipinski definition) is 2. The number of benzene rings is 3. The van der Waals surface area contributed by atoms with Crippen molar-refractivity contribution in [1.82, 2.24) is 4.58 Å². The Balaban J connectivity index is 1.49. The molecule has 2 N–H and O–H groups in total. The van der Waals surface area contributed by atoms with Crippen LogP contribution in [0, 0.1) is 6.92 Å². The van der Waals surface area contributed by atoms with Crippen LogP contribution in [-0.4, -0.2) is 63.6 Å². The second-order valence-corrected chi connectivity index (χ2v) is 14.9. The van der Waals surface area contributed by atoms with E-state index in [2.05, 4.69) is 58.9 Å². The van der Waals surface area contributed by atoms with Gasteiger partial charge in [0.05, 0.1) is 17.6 Å². The molecule has 0 unspecified atom stereocenters. The monoisotopic (exact) mass is 625 g/mol. The molecule has 0 aromatic heterocycles. The van der Waals surface area contributed by atoms with Gasteiger partial charge in [0.25, 0.3) is 20.2 Å². The van der Waals surface area contributed by atoms with Crippen LogP contribution >= 0.6 is 0 Å². The maximum atomic E-state index is 11.3. The summed E-state index contributed by atoms with van der Waals surface area (Å²) < 4.78 is 72.6. The van der Waals surface area contributed by atoms with Crippen molar-refractivity contribution in [1.29, 1.82) is 0 Å². The van der Waals surface area contributed by atoms with Crippen LogP contribution in [-0.2, 0) is 33.1 Å². The molecule has 0 saturated carbocycles. The summed E-state index contributed by atoms with van der Waals surface area (Å²) in [6, 6.07) is 16.9. The zero-order chi connectivity index (χ0) is 30.4. The summed E-state index contributed by atoms with van der Waals surface area (Å²) in [7, 11) is -8.04. The van der Waals surface area contributed by atoms with E-state index in [-0.39, 0.29) is 11.5 Å². The lowest BCUT2D eigenvalue weighted by Crippen LogP contribution is -2.40. The second-order valence-electron chi connectivity index (χ2n) is 11.7. The van der Waals surface area contributed by atoms with Crippen LogP contribution in [0.1, 0.15) is 53.5 Å². The van der Waals surface area contributed by atoms with Crippen LogP contribution in [0.15, 0.2) is 48.5 Å². The van der Waals surface area contributed by atoms with Gasteiger partial charge in [-0.3, -0.25) is 9.11 Å². The molecule has 228 valence electrons. The first-order chi connectivity index (χ1) is 20.5. The molecule has 3 aliphatic rings. The number of ether oxygens (including phenoxy) is 1. The molecule has 0 radical (unpaired) electrons. The third-order valence-corrected chi connectivity index (χ3v) is 10.2. The van der Waals surface area contributed by atoms with Crippen LogP contribution in [0.3, 0.4) is 0 Å². The quantitative estimate of drug-likeness (QED) is 0.215. The second kappa shape index (κ2) is 11.7. The minimum atomic E-state index is -4.02. The van der Waals surface area contributed by atoms with E-state index in [0.29, 0.717) is 25.9 Å². The summed E-state index contributed by atoms with van der Waals surface area (Å²) in [5.74, 6) is 0.926. The third-order valence-electron chi connectivity index (χ3n) is 8.62. The lowest BCUT2D eigenvalue weighted by atomic mass is 9.86. The van der Waals surface area contributed by atoms with E-state index in [1.807, 2.05) is 6.07 Å². The van der Waals surface area contributed by atoms with E-state index < -0.39 is 20.2 Å². The first-order valence-corrected chi connectivity index (χ1v) is 18.0. The molecule has 0 atom stereocenters. The molecule has 3 aromatic rings. The maximum absolute atomic E-state index is 11.3. The zero-order valence-electron chi connectivity index (χ0n) is 24.3. The van der Waals surface area contributed by atoms with Gasteiger partial charge in [-0.1, -0.05) is 24.3 Å². The number of fused-ring (bicyclic) bond motifs is 4. The highest BCUT2D eigenvalue weighted by Gasteiger charge is 2.28. The summed E-state index contributed by atoms with van der Waals surface area (Å²) >= 11 is 0. The van der Waals surface area contributed by atoms with Crippen LogP contribution in [0.4, 0.5) is 5.69 Å². The van der Waals surface area contributed by atoms with Crippen LogP contribution < -0.4 is 24.8 Å². The van der Waals surface area contributed by atoms with E-state index >= 15 is 0 Å². The van der Waals surface area contributed by atoms with E-state index in [1.54, 1.807) is 0 Å². The van der Waals surface area contributed by atoms with Crippen molar-refractivity contribution in [3.63, 3.8) is 0 Å². The van der Waals surface area contributed by atoms with Crippen molar-refractivity contribution in [2.45, 2.75) is 45.4 Å². The molecule has 3 aliphatic heterocycles. The SMILES string of the molecule is Cc1ccccc1C1=c2cc3c(cc2Oc2cc4c(cc21)CCCN4CCCS(=O)(=O)O)=[N+](CCCS(=O)(=O)O)CCC3. The van der Waals surface area contributed by atoms with E-state index in [0.717, 1.165) is 88.8 Å². The highest BCUT2D eigenvalue weighted by molar-refractivity contribution is 7.86. The van der Waals surface area contributed by atoms with Gasteiger partial charge in [-0.2, -0.15) is 16.8 Å². The van der Waals surface area contributed by atoms with Gasteiger partial charge >= 0.3 is 0 Å². The first-order valence-electron chi connectivity index (χ1n) is 14.8. The summed E-state index contributed by atoms with van der Waals surface area (Å²) in [5.41, 5.74) is 7.85. The Hall–Kier alpha value is -3.25. The Morgan fingerprint density at radius 3 is 2.37 bits per heavy atom. The molecule has 3 heterocycles. The summed E-state index contributed by atoms with van der Waals surface area (Å²) in [6.07, 6.45) is 4.39. The van der Waals surface area contributed by atoms with Gasteiger partial charge in [-0.15, -0.1) is 0 Å². The number of aryl methyl sites for hydroxylation is 3. The van der Waals surface area contributed by atoms with Gasteiger partial charge in [-0.25, -0.2) is 4.58 Å². The lowest BCUT2D eigenvalue weighted by molar-refractivity contribution is 0.460. The fourth-order valence-electron chi connectivity index (χ4n) is 6.69. The van der Waals surface area contributed by atoms with Crippen molar-refractivity contribution >= 4 is 31.5 Å². The highest BCUT2D eigenvalue weighted by Crippen LogP contribution is 2.42. The molecule has 6 rings (SSSR count). The molecular formula is C32H37N2O7S2+. The largest absolute Gasteiger partial charge is 0.456 e. The van der Waals surface area contributed by atoms with Gasteiger partial charge in [0.2, 0.25) is 5.36 Å². The fourth-order valence-corrected chi connectivity index (χ4v) is 7.67. The van der Waals surface area contributed by atoms with E-state index in [9.17, 15) is 25.9 Å². The Morgan fingerprint density at radius 2 is 1.60 bits per heavy atom. The van der Waals surface area contributed by atoms with Crippen LogP contribution in [0.5, 0.6) is 11.5 Å². The number of rotatable bonds is 9.